The Labute approximate surface area is 78.7 Å². The van der Waals surface area contributed by atoms with Gasteiger partial charge in [-0.3, -0.25) is 0 Å². The number of benzene rings is 1. The smallest absolute Gasteiger partial charge is 0.207 e. The van der Waals surface area contributed by atoms with Crippen LogP contribution in [0, 0.1) is 0 Å². The van der Waals surface area contributed by atoms with Gasteiger partial charge in [-0.1, -0.05) is 34.1 Å². The van der Waals surface area contributed by atoms with E-state index in [1.165, 1.54) is 0 Å². The highest BCUT2D eigenvalue weighted by molar-refractivity contribution is 9.10. The maximum Gasteiger partial charge on any atom is 0.249 e. The molecule has 1 aromatic carbocycles. The number of alkyl halides is 2. The second kappa shape index (κ2) is 3.52. The molecule has 0 fully saturated rings. The van der Waals surface area contributed by atoms with Gasteiger partial charge in [0.05, 0.1) is 0 Å². The van der Waals surface area contributed by atoms with Crippen molar-refractivity contribution in [3.63, 3.8) is 0 Å². The van der Waals surface area contributed by atoms with Gasteiger partial charge < -0.3 is 0 Å². The first-order valence-corrected chi connectivity index (χ1v) is 4.39. The van der Waals surface area contributed by atoms with Crippen molar-refractivity contribution in [3.05, 3.63) is 34.3 Å². The lowest BCUT2D eigenvalue weighted by Crippen LogP contribution is -2.13. The molecule has 3 heteroatoms. The van der Waals surface area contributed by atoms with Crippen LogP contribution in [0.2, 0.25) is 0 Å². The highest BCUT2D eigenvalue weighted by Gasteiger charge is 2.22. The molecular formula is C9H9BrF2. The molecule has 0 N–H and O–H groups in total. The van der Waals surface area contributed by atoms with Gasteiger partial charge in [0.1, 0.15) is 0 Å². The number of hydrogen-bond donors (Lipinski definition) is 0. The van der Waals surface area contributed by atoms with Crippen LogP contribution in [0.3, 0.4) is 0 Å². The van der Waals surface area contributed by atoms with E-state index in [-0.39, 0.29) is 6.42 Å². The van der Waals surface area contributed by atoms with Crippen molar-refractivity contribution < 1.29 is 8.78 Å². The van der Waals surface area contributed by atoms with Gasteiger partial charge >= 0.3 is 0 Å². The largest absolute Gasteiger partial charge is 0.249 e. The van der Waals surface area contributed by atoms with Crippen molar-refractivity contribution in [2.45, 2.75) is 19.3 Å². The molecule has 0 radical (unpaired) electrons. The molecule has 0 spiro atoms. The Morgan fingerprint density at radius 2 is 1.92 bits per heavy atom. The average Bonchev–Trinajstić information content (AvgIpc) is 1.91. The number of hydrogen-bond acceptors (Lipinski definition) is 0. The monoisotopic (exact) mass is 234 g/mol. The van der Waals surface area contributed by atoms with Crippen molar-refractivity contribution in [3.8, 4) is 0 Å². The third kappa shape index (κ3) is 2.89. The molecule has 0 atom stereocenters. The van der Waals surface area contributed by atoms with E-state index in [1.54, 1.807) is 24.3 Å². The lowest BCUT2D eigenvalue weighted by atomic mass is 10.1. The molecule has 12 heavy (non-hydrogen) atoms. The second-order valence-corrected chi connectivity index (χ2v) is 3.69. The Kier molecular flexibility index (Phi) is 2.83. The van der Waals surface area contributed by atoms with Gasteiger partial charge in [-0.15, -0.1) is 0 Å². The molecule has 0 aliphatic rings. The quantitative estimate of drug-likeness (QED) is 0.733. The van der Waals surface area contributed by atoms with E-state index >= 15 is 0 Å². The fourth-order valence-electron chi connectivity index (χ4n) is 0.976. The Bertz CT molecular complexity index is 265. The second-order valence-electron chi connectivity index (χ2n) is 2.84. The van der Waals surface area contributed by atoms with E-state index in [2.05, 4.69) is 15.9 Å². The Balaban J connectivity index is 2.83. The third-order valence-electron chi connectivity index (χ3n) is 1.46. The van der Waals surface area contributed by atoms with Crippen molar-refractivity contribution in [1.82, 2.24) is 0 Å². The highest BCUT2D eigenvalue weighted by Crippen LogP contribution is 2.24. The SMILES string of the molecule is CC(F)(F)Cc1ccccc1Br. The number of halogens is 3. The van der Waals surface area contributed by atoms with E-state index in [0.717, 1.165) is 11.4 Å². The van der Waals surface area contributed by atoms with Crippen LogP contribution in [-0.4, -0.2) is 5.92 Å². The van der Waals surface area contributed by atoms with Crippen molar-refractivity contribution >= 4 is 15.9 Å². The fourth-order valence-corrected chi connectivity index (χ4v) is 1.40. The van der Waals surface area contributed by atoms with Crippen LogP contribution in [0.25, 0.3) is 0 Å². The van der Waals surface area contributed by atoms with E-state index in [9.17, 15) is 8.78 Å². The van der Waals surface area contributed by atoms with Gasteiger partial charge in [-0.25, -0.2) is 8.78 Å². The summed E-state index contributed by atoms with van der Waals surface area (Å²) in [6.45, 7) is 0.923. The maximum absolute atomic E-state index is 12.6. The molecule has 1 rings (SSSR count). The fraction of sp³-hybridized carbons (Fsp3) is 0.333. The first-order valence-electron chi connectivity index (χ1n) is 3.60. The van der Waals surface area contributed by atoms with Crippen molar-refractivity contribution in [2.24, 2.45) is 0 Å². The summed E-state index contributed by atoms with van der Waals surface area (Å²) in [5.74, 6) is -2.64. The first kappa shape index (κ1) is 9.65. The van der Waals surface area contributed by atoms with Crippen LogP contribution in [-0.2, 0) is 6.42 Å². The summed E-state index contributed by atoms with van der Waals surface area (Å²) >= 11 is 3.22. The Morgan fingerprint density at radius 1 is 1.33 bits per heavy atom. The van der Waals surface area contributed by atoms with Crippen LogP contribution >= 0.6 is 15.9 Å². The normalized spacial score (nSPS) is 11.7. The molecule has 66 valence electrons. The molecule has 0 aromatic heterocycles. The summed E-state index contributed by atoms with van der Waals surface area (Å²) < 4.78 is 25.9. The van der Waals surface area contributed by atoms with Crippen LogP contribution in [0.15, 0.2) is 28.7 Å². The molecule has 0 saturated carbocycles. The molecule has 0 aliphatic heterocycles. The van der Waals surface area contributed by atoms with Gasteiger partial charge in [-0.2, -0.15) is 0 Å². The zero-order valence-corrected chi connectivity index (χ0v) is 8.24. The minimum Gasteiger partial charge on any atom is -0.207 e. The van der Waals surface area contributed by atoms with Crippen molar-refractivity contribution in [1.29, 1.82) is 0 Å². The van der Waals surface area contributed by atoms with Gasteiger partial charge in [0.25, 0.3) is 0 Å². The van der Waals surface area contributed by atoms with E-state index in [4.69, 9.17) is 0 Å². The first-order chi connectivity index (χ1) is 5.49. The Morgan fingerprint density at radius 3 is 2.42 bits per heavy atom. The average molecular weight is 235 g/mol. The van der Waals surface area contributed by atoms with Crippen LogP contribution in [0.1, 0.15) is 12.5 Å². The standard InChI is InChI=1S/C9H9BrF2/c1-9(11,12)6-7-4-2-3-5-8(7)10/h2-5H,6H2,1H3. The lowest BCUT2D eigenvalue weighted by molar-refractivity contribution is 0.0224. The summed E-state index contributed by atoms with van der Waals surface area (Å²) in [5.41, 5.74) is 0.644. The molecule has 0 nitrogen and oxygen atoms in total. The number of rotatable bonds is 2. The predicted molar refractivity (Wildman–Crippen MR) is 48.5 cm³/mol. The van der Waals surface area contributed by atoms with E-state index in [1.807, 2.05) is 0 Å². The van der Waals surface area contributed by atoms with E-state index in [0.29, 0.717) is 5.56 Å². The third-order valence-corrected chi connectivity index (χ3v) is 2.23. The topological polar surface area (TPSA) is 0 Å². The van der Waals surface area contributed by atoms with Crippen molar-refractivity contribution in [2.75, 3.05) is 0 Å². The van der Waals surface area contributed by atoms with Gasteiger partial charge in [-0.05, 0) is 18.6 Å². The zero-order chi connectivity index (χ0) is 9.19. The minimum atomic E-state index is -2.64. The van der Waals surface area contributed by atoms with E-state index < -0.39 is 5.92 Å². The zero-order valence-electron chi connectivity index (χ0n) is 6.65. The summed E-state index contributed by atoms with van der Waals surface area (Å²) in [4.78, 5) is 0. The molecule has 0 bridgehead atoms. The predicted octanol–water partition coefficient (Wildman–Crippen LogP) is 3.65. The van der Waals surface area contributed by atoms with Crippen LogP contribution < -0.4 is 0 Å². The molecule has 0 heterocycles. The minimum absolute atomic E-state index is 0.214. The Hall–Kier alpha value is -0.440. The van der Waals surface area contributed by atoms with Crippen LogP contribution in [0.5, 0.6) is 0 Å². The van der Waals surface area contributed by atoms with Gasteiger partial charge in [0.2, 0.25) is 5.92 Å². The highest BCUT2D eigenvalue weighted by atomic mass is 79.9. The molecule has 0 aliphatic carbocycles. The summed E-state index contributed by atoms with van der Waals surface area (Å²) in [6, 6.07) is 7.02. The molecule has 0 amide bonds. The molecule has 0 unspecified atom stereocenters. The van der Waals surface area contributed by atoms with Gasteiger partial charge in [0, 0.05) is 10.9 Å². The lowest BCUT2D eigenvalue weighted by Gasteiger charge is -2.10. The maximum atomic E-state index is 12.6. The summed E-state index contributed by atoms with van der Waals surface area (Å²) in [7, 11) is 0. The molecule has 1 aromatic rings. The van der Waals surface area contributed by atoms with Gasteiger partial charge in [0.15, 0.2) is 0 Å². The van der Waals surface area contributed by atoms with Crippen LogP contribution in [0.4, 0.5) is 8.78 Å². The molecular weight excluding hydrogens is 226 g/mol. The summed E-state index contributed by atoms with van der Waals surface area (Å²) in [6.07, 6.45) is -0.214. The molecule has 0 saturated heterocycles. The summed E-state index contributed by atoms with van der Waals surface area (Å²) in [5, 5.41) is 0.